The lowest BCUT2D eigenvalue weighted by Gasteiger charge is -2.02. The lowest BCUT2D eigenvalue weighted by molar-refractivity contribution is -0.105. The normalized spacial score (nSPS) is 10.9. The Morgan fingerprint density at radius 3 is 2.14 bits per heavy atom. The number of carbonyl (C=O) groups is 1. The number of hydrogen-bond acceptors (Lipinski definition) is 1. The molecule has 21 heavy (non-hydrogen) atoms. The average Bonchev–Trinajstić information content (AvgIpc) is 2.76. The molecule has 0 bridgehead atoms. The summed E-state index contributed by atoms with van der Waals surface area (Å²) in [5.74, 6) is 0. The lowest BCUT2D eigenvalue weighted by atomic mass is 10.1. The molecule has 0 spiro atoms. The van der Waals surface area contributed by atoms with E-state index >= 15 is 0 Å². The number of para-hydroxylation sites is 1. The van der Waals surface area contributed by atoms with Crippen LogP contribution in [0.1, 0.15) is 11.1 Å². The molecule has 2 aliphatic carbocycles. The topological polar surface area (TPSA) is 29.1 Å². The highest BCUT2D eigenvalue weighted by molar-refractivity contribution is 5.84. The van der Waals surface area contributed by atoms with Gasteiger partial charge in [-0.3, -0.25) is 4.79 Å². The first-order valence-corrected chi connectivity index (χ1v) is 6.83. The highest BCUT2D eigenvalue weighted by atomic mass is 16.1. The predicted octanol–water partition coefficient (Wildman–Crippen LogP) is 4.53. The molecule has 1 aromatic carbocycles. The van der Waals surface area contributed by atoms with Crippen LogP contribution in [0.5, 0.6) is 0 Å². The third kappa shape index (κ3) is 3.00. The van der Waals surface area contributed by atoms with Gasteiger partial charge in [0.2, 0.25) is 6.41 Å². The van der Waals surface area contributed by atoms with Crippen LogP contribution >= 0.6 is 0 Å². The zero-order valence-electron chi connectivity index (χ0n) is 11.5. The molecule has 0 aromatic heterocycles. The second kappa shape index (κ2) is 6.06. The summed E-state index contributed by atoms with van der Waals surface area (Å²) < 4.78 is 0. The summed E-state index contributed by atoms with van der Waals surface area (Å²) in [6, 6.07) is 22.3. The second-order valence-corrected chi connectivity index (χ2v) is 4.79. The number of nitrogens with one attached hydrogen (secondary N) is 1. The molecule has 0 radical (unpaired) electrons. The van der Waals surface area contributed by atoms with Crippen LogP contribution in [-0.4, -0.2) is 6.41 Å². The van der Waals surface area contributed by atoms with E-state index in [1.165, 1.54) is 11.1 Å². The Balaban J connectivity index is 1.92. The molecule has 2 aliphatic rings. The van der Waals surface area contributed by atoms with Crippen molar-refractivity contribution < 1.29 is 4.79 Å². The van der Waals surface area contributed by atoms with Crippen LogP contribution in [-0.2, 0) is 4.79 Å². The zero-order valence-corrected chi connectivity index (χ0v) is 11.5. The molecular weight excluding hydrogens is 258 g/mol. The fraction of sp³-hybridized carbons (Fsp3) is 0. The van der Waals surface area contributed by atoms with Crippen LogP contribution in [0.3, 0.4) is 0 Å². The molecule has 2 nitrogen and oxygen atoms in total. The van der Waals surface area contributed by atoms with Crippen molar-refractivity contribution in [2.24, 2.45) is 0 Å². The van der Waals surface area contributed by atoms with Crippen molar-refractivity contribution in [1.29, 1.82) is 0 Å². The molecule has 2 heteroatoms. The highest BCUT2D eigenvalue weighted by Crippen LogP contribution is 2.26. The van der Waals surface area contributed by atoms with Crippen molar-refractivity contribution in [3.8, 4) is 11.1 Å². The Bertz CT molecular complexity index is 730. The Morgan fingerprint density at radius 1 is 0.762 bits per heavy atom. The molecule has 0 saturated heterocycles. The van der Waals surface area contributed by atoms with Crippen molar-refractivity contribution in [1.82, 2.24) is 0 Å². The van der Waals surface area contributed by atoms with Gasteiger partial charge in [0.15, 0.2) is 0 Å². The number of amides is 1. The van der Waals surface area contributed by atoms with Crippen LogP contribution in [0.2, 0.25) is 0 Å². The van der Waals surface area contributed by atoms with Gasteiger partial charge in [0.25, 0.3) is 0 Å². The first-order valence-electron chi connectivity index (χ1n) is 6.83. The summed E-state index contributed by atoms with van der Waals surface area (Å²) >= 11 is 0. The molecule has 1 amide bonds. The van der Waals surface area contributed by atoms with Gasteiger partial charge in [0, 0.05) is 5.69 Å². The van der Waals surface area contributed by atoms with Gasteiger partial charge >= 0.3 is 0 Å². The molecular formula is C19H15NO. The summed E-state index contributed by atoms with van der Waals surface area (Å²) in [5, 5.41) is 2.71. The van der Waals surface area contributed by atoms with E-state index in [9.17, 15) is 4.79 Å². The Kier molecular flexibility index (Phi) is 3.79. The summed E-state index contributed by atoms with van der Waals surface area (Å²) in [6.07, 6.45) is 4.77. The minimum absolute atomic E-state index is 0.698. The van der Waals surface area contributed by atoms with Crippen molar-refractivity contribution in [2.75, 3.05) is 5.32 Å². The van der Waals surface area contributed by atoms with Crippen LogP contribution in [0.25, 0.3) is 23.3 Å². The number of carbonyl (C=O) groups excluding carboxylic acids is 1. The second-order valence-electron chi connectivity index (χ2n) is 4.79. The summed E-state index contributed by atoms with van der Waals surface area (Å²) in [4.78, 5) is 10.6. The van der Waals surface area contributed by atoms with Crippen LogP contribution in [0.4, 0.5) is 5.69 Å². The minimum Gasteiger partial charge on any atom is -0.328 e. The van der Waals surface area contributed by atoms with E-state index in [4.69, 9.17) is 0 Å². The number of anilines is 1. The van der Waals surface area contributed by atoms with Gasteiger partial charge in [-0.15, -0.1) is 0 Å². The predicted molar refractivity (Wildman–Crippen MR) is 88.1 cm³/mol. The van der Waals surface area contributed by atoms with Gasteiger partial charge in [0.05, 0.1) is 0 Å². The van der Waals surface area contributed by atoms with Gasteiger partial charge in [0.1, 0.15) is 0 Å². The van der Waals surface area contributed by atoms with E-state index in [0.29, 0.717) is 6.41 Å². The first-order chi connectivity index (χ1) is 10.4. The summed E-state index contributed by atoms with van der Waals surface area (Å²) in [5.41, 5.74) is 5.39. The zero-order chi connectivity index (χ0) is 14.5. The Morgan fingerprint density at radius 2 is 1.43 bits per heavy atom. The molecule has 0 heterocycles. The number of benzene rings is 1. The number of fused-ring (bicyclic) bond motifs is 1. The van der Waals surface area contributed by atoms with E-state index < -0.39 is 0 Å². The summed E-state index contributed by atoms with van der Waals surface area (Å²) in [6.45, 7) is 0. The third-order valence-corrected chi connectivity index (χ3v) is 3.38. The monoisotopic (exact) mass is 273 g/mol. The van der Waals surface area contributed by atoms with Gasteiger partial charge in [-0.05, 0) is 40.5 Å². The van der Waals surface area contributed by atoms with Crippen molar-refractivity contribution in [2.45, 2.75) is 0 Å². The van der Waals surface area contributed by atoms with E-state index in [0.717, 1.165) is 16.8 Å². The fourth-order valence-corrected chi connectivity index (χ4v) is 2.36. The average molecular weight is 273 g/mol. The highest BCUT2D eigenvalue weighted by Gasteiger charge is 2.02. The molecule has 1 N–H and O–H groups in total. The van der Waals surface area contributed by atoms with Gasteiger partial charge < -0.3 is 5.32 Å². The van der Waals surface area contributed by atoms with Gasteiger partial charge in [-0.2, -0.15) is 0 Å². The van der Waals surface area contributed by atoms with Crippen molar-refractivity contribution in [3.05, 3.63) is 77.9 Å². The molecule has 102 valence electrons. The van der Waals surface area contributed by atoms with Crippen molar-refractivity contribution in [3.63, 3.8) is 0 Å². The number of hydrogen-bond donors (Lipinski definition) is 1. The molecule has 1 aromatic rings. The molecule has 0 unspecified atom stereocenters. The molecule has 0 atom stereocenters. The summed E-state index contributed by atoms with van der Waals surface area (Å²) in [7, 11) is 0. The maximum absolute atomic E-state index is 10.6. The van der Waals surface area contributed by atoms with E-state index in [1.54, 1.807) is 0 Å². The van der Waals surface area contributed by atoms with Gasteiger partial charge in [-0.1, -0.05) is 60.7 Å². The quantitative estimate of drug-likeness (QED) is 0.695. The standard InChI is InChI=1S/C19H15NO/c21-14-20-19-9-5-4-6-16(19)11-10-15-12-17-7-2-1-3-8-18(17)13-15/h1-14H,(H,20,21)/b11-10-. The third-order valence-electron chi connectivity index (χ3n) is 3.38. The lowest BCUT2D eigenvalue weighted by Crippen LogP contribution is -1.95. The maximum Gasteiger partial charge on any atom is 0.211 e. The van der Waals surface area contributed by atoms with Gasteiger partial charge in [-0.25, -0.2) is 0 Å². The Labute approximate surface area is 124 Å². The SMILES string of the molecule is O=CNc1ccccc1/C=C\c1cc2cccccc-2c1. The molecule has 0 fully saturated rings. The van der Waals surface area contributed by atoms with Crippen LogP contribution < -0.4 is 5.32 Å². The van der Waals surface area contributed by atoms with Crippen molar-refractivity contribution >= 4 is 24.2 Å². The molecule has 0 aliphatic heterocycles. The fourth-order valence-electron chi connectivity index (χ4n) is 2.36. The maximum atomic E-state index is 10.6. The first kappa shape index (κ1) is 13.1. The Hall–Kier alpha value is -2.87. The number of rotatable bonds is 4. The smallest absolute Gasteiger partial charge is 0.211 e. The van der Waals surface area contributed by atoms with E-state index in [-0.39, 0.29) is 0 Å². The van der Waals surface area contributed by atoms with E-state index in [2.05, 4.69) is 35.7 Å². The largest absolute Gasteiger partial charge is 0.328 e. The molecule has 0 saturated carbocycles. The van der Waals surface area contributed by atoms with Crippen LogP contribution in [0, 0.1) is 0 Å². The van der Waals surface area contributed by atoms with E-state index in [1.807, 2.05) is 48.5 Å². The minimum atomic E-state index is 0.698. The molecule has 3 rings (SSSR count). The van der Waals surface area contributed by atoms with Crippen LogP contribution in [0.15, 0.2) is 66.7 Å².